The summed E-state index contributed by atoms with van der Waals surface area (Å²) in [5, 5.41) is 2.13. The van der Waals surface area contributed by atoms with E-state index >= 15 is 0 Å². The molecule has 0 radical (unpaired) electrons. The summed E-state index contributed by atoms with van der Waals surface area (Å²) in [6, 6.07) is 18.6. The molecular weight excluding hydrogens is 500 g/mol. The van der Waals surface area contributed by atoms with E-state index in [-0.39, 0.29) is 17.7 Å². The van der Waals surface area contributed by atoms with Gasteiger partial charge in [-0.05, 0) is 47.0 Å². The molecule has 1 aromatic heterocycles. The van der Waals surface area contributed by atoms with Crippen molar-refractivity contribution in [3.8, 4) is 11.5 Å². The predicted molar refractivity (Wildman–Crippen MR) is 148 cm³/mol. The average Bonchev–Trinajstić information content (AvgIpc) is 3.24. The Balaban J connectivity index is 1.75. The lowest BCUT2D eigenvalue weighted by molar-refractivity contribution is -0.138. The Morgan fingerprint density at radius 1 is 1.08 bits per heavy atom. The van der Waals surface area contributed by atoms with Crippen LogP contribution in [0, 0.1) is 0 Å². The third kappa shape index (κ3) is 4.43. The van der Waals surface area contributed by atoms with Crippen LogP contribution in [0.15, 0.2) is 94.4 Å². The molecule has 8 heteroatoms. The van der Waals surface area contributed by atoms with Crippen LogP contribution in [0.5, 0.6) is 11.5 Å². The van der Waals surface area contributed by atoms with Crippen molar-refractivity contribution in [3.05, 3.63) is 115 Å². The van der Waals surface area contributed by atoms with Crippen LogP contribution in [0.3, 0.4) is 0 Å². The van der Waals surface area contributed by atoms with E-state index in [4.69, 9.17) is 14.2 Å². The quantitative estimate of drug-likeness (QED) is 0.267. The lowest BCUT2D eigenvalue weighted by Gasteiger charge is -2.25. The molecule has 0 aliphatic carbocycles. The zero-order valence-corrected chi connectivity index (χ0v) is 22.1. The highest BCUT2D eigenvalue weighted by atomic mass is 32.1. The highest BCUT2D eigenvalue weighted by molar-refractivity contribution is 7.07. The van der Waals surface area contributed by atoms with Crippen LogP contribution < -0.4 is 24.4 Å². The number of hydrogen-bond donors (Lipinski definition) is 0. The Kier molecular flexibility index (Phi) is 6.98. The molecule has 1 aliphatic heterocycles. The second-order valence-corrected chi connectivity index (χ2v) is 9.66. The fourth-order valence-corrected chi connectivity index (χ4v) is 5.69. The maximum Gasteiger partial charge on any atom is 0.338 e. The topological polar surface area (TPSA) is 79.1 Å². The van der Waals surface area contributed by atoms with Gasteiger partial charge in [-0.1, -0.05) is 72.5 Å². The fourth-order valence-electron chi connectivity index (χ4n) is 4.65. The van der Waals surface area contributed by atoms with Crippen molar-refractivity contribution in [2.24, 2.45) is 4.99 Å². The third-order valence-electron chi connectivity index (χ3n) is 6.41. The summed E-state index contributed by atoms with van der Waals surface area (Å²) in [5.74, 6) is 0.460. The predicted octanol–water partition coefficient (Wildman–Crippen LogP) is 4.13. The smallest absolute Gasteiger partial charge is 0.338 e. The number of carbonyl (C=O) groups is 1. The molecule has 1 atom stereocenters. The number of allylic oxidation sites excluding steroid dienone is 1. The van der Waals surface area contributed by atoms with Crippen molar-refractivity contribution < 1.29 is 19.0 Å². The van der Waals surface area contributed by atoms with Gasteiger partial charge in [-0.3, -0.25) is 9.36 Å². The molecule has 0 amide bonds. The summed E-state index contributed by atoms with van der Waals surface area (Å²) in [7, 11) is 3.09. The minimum Gasteiger partial charge on any atom is -0.493 e. The van der Waals surface area contributed by atoms with Crippen molar-refractivity contribution in [3.63, 3.8) is 0 Å². The number of benzene rings is 3. The third-order valence-corrected chi connectivity index (χ3v) is 7.39. The van der Waals surface area contributed by atoms with E-state index in [1.807, 2.05) is 54.6 Å². The van der Waals surface area contributed by atoms with Gasteiger partial charge in [0, 0.05) is 0 Å². The van der Waals surface area contributed by atoms with E-state index in [9.17, 15) is 9.59 Å². The van der Waals surface area contributed by atoms with E-state index < -0.39 is 12.0 Å². The minimum absolute atomic E-state index is 0.0414. The monoisotopic (exact) mass is 526 g/mol. The lowest BCUT2D eigenvalue weighted by atomic mass is 9.95. The molecule has 5 rings (SSSR count). The van der Waals surface area contributed by atoms with Gasteiger partial charge < -0.3 is 14.2 Å². The van der Waals surface area contributed by atoms with Crippen molar-refractivity contribution in [2.75, 3.05) is 20.8 Å². The first kappa shape index (κ1) is 25.2. The molecule has 7 nitrogen and oxygen atoms in total. The molecule has 0 N–H and O–H groups in total. The van der Waals surface area contributed by atoms with E-state index in [1.54, 1.807) is 30.7 Å². The van der Waals surface area contributed by atoms with Crippen LogP contribution in [0.4, 0.5) is 0 Å². The summed E-state index contributed by atoms with van der Waals surface area (Å²) in [5.41, 5.74) is 2.11. The average molecular weight is 527 g/mol. The highest BCUT2D eigenvalue weighted by Gasteiger charge is 2.34. The summed E-state index contributed by atoms with van der Waals surface area (Å²) in [6.07, 6.45) is 3.38. The summed E-state index contributed by atoms with van der Waals surface area (Å²) < 4.78 is 18.4. The van der Waals surface area contributed by atoms with Gasteiger partial charge >= 0.3 is 5.97 Å². The first-order valence-electron chi connectivity index (χ1n) is 12.0. The van der Waals surface area contributed by atoms with Crippen LogP contribution in [0.2, 0.25) is 0 Å². The number of carbonyl (C=O) groups excluding carboxylic acids is 1. The molecule has 0 spiro atoms. The maximum absolute atomic E-state index is 13.9. The molecule has 0 fully saturated rings. The van der Waals surface area contributed by atoms with Gasteiger partial charge in [-0.25, -0.2) is 9.79 Å². The zero-order chi connectivity index (χ0) is 26.8. The lowest BCUT2D eigenvalue weighted by Crippen LogP contribution is -2.40. The first-order chi connectivity index (χ1) is 18.5. The molecule has 1 unspecified atom stereocenters. The first-order valence-corrected chi connectivity index (χ1v) is 12.8. The van der Waals surface area contributed by atoms with Crippen LogP contribution in [0.25, 0.3) is 16.8 Å². The molecule has 0 saturated heterocycles. The number of fused-ring (bicyclic) bond motifs is 2. The summed E-state index contributed by atoms with van der Waals surface area (Å²) >= 11 is 1.29. The van der Waals surface area contributed by atoms with E-state index in [0.717, 1.165) is 16.3 Å². The van der Waals surface area contributed by atoms with E-state index in [2.05, 4.69) is 11.6 Å². The second-order valence-electron chi connectivity index (χ2n) is 8.65. The number of hydrogen-bond acceptors (Lipinski definition) is 7. The van der Waals surface area contributed by atoms with Crippen molar-refractivity contribution in [1.29, 1.82) is 0 Å². The molecule has 3 aromatic carbocycles. The normalized spacial score (nSPS) is 15.1. The van der Waals surface area contributed by atoms with Gasteiger partial charge in [0.15, 0.2) is 16.3 Å². The van der Waals surface area contributed by atoms with Crippen LogP contribution >= 0.6 is 11.3 Å². The Hall–Kier alpha value is -4.43. The molecule has 4 aromatic rings. The molecular formula is C30H26N2O5S. The van der Waals surface area contributed by atoms with Gasteiger partial charge in [0.2, 0.25) is 0 Å². The van der Waals surface area contributed by atoms with Crippen LogP contribution in [-0.2, 0) is 9.53 Å². The number of esters is 1. The number of methoxy groups -OCH3 is 2. The molecule has 0 saturated carbocycles. The molecule has 192 valence electrons. The molecule has 2 heterocycles. The largest absolute Gasteiger partial charge is 0.493 e. The SMILES string of the molecule is C=CCOC(=O)C1=C(C)N=c2sc(=Cc3cccc4ccccc34)c(=O)n2C1c1ccc(OC)c(OC)c1. The molecule has 38 heavy (non-hydrogen) atoms. The Labute approximate surface area is 223 Å². The Morgan fingerprint density at radius 2 is 1.84 bits per heavy atom. The minimum atomic E-state index is -0.766. The fraction of sp³-hybridized carbons (Fsp3) is 0.167. The summed E-state index contributed by atoms with van der Waals surface area (Å²) in [6.45, 7) is 5.42. The summed E-state index contributed by atoms with van der Waals surface area (Å²) in [4.78, 5) is 32.3. The van der Waals surface area contributed by atoms with Gasteiger partial charge in [0.1, 0.15) is 6.61 Å². The maximum atomic E-state index is 13.9. The highest BCUT2D eigenvalue weighted by Crippen LogP contribution is 2.36. The van der Waals surface area contributed by atoms with Gasteiger partial charge in [0.05, 0.1) is 36.1 Å². The van der Waals surface area contributed by atoms with E-state index in [1.165, 1.54) is 24.5 Å². The Bertz CT molecular complexity index is 1780. The second kappa shape index (κ2) is 10.5. The number of aromatic nitrogens is 1. The zero-order valence-electron chi connectivity index (χ0n) is 21.3. The van der Waals surface area contributed by atoms with Gasteiger partial charge in [0.25, 0.3) is 5.56 Å². The van der Waals surface area contributed by atoms with Crippen molar-refractivity contribution >= 4 is 34.2 Å². The van der Waals surface area contributed by atoms with Crippen molar-refractivity contribution in [2.45, 2.75) is 13.0 Å². The molecule has 0 bridgehead atoms. The van der Waals surface area contributed by atoms with Crippen LogP contribution in [0.1, 0.15) is 24.1 Å². The number of nitrogens with zero attached hydrogens (tertiary/aromatic N) is 2. The van der Waals surface area contributed by atoms with Crippen LogP contribution in [-0.4, -0.2) is 31.4 Å². The number of thiazole rings is 1. The number of ether oxygens (including phenoxy) is 3. The Morgan fingerprint density at radius 3 is 2.61 bits per heavy atom. The molecule has 1 aliphatic rings. The van der Waals surface area contributed by atoms with Crippen molar-refractivity contribution in [1.82, 2.24) is 4.57 Å². The van der Waals surface area contributed by atoms with E-state index in [0.29, 0.717) is 32.1 Å². The number of rotatable bonds is 7. The van der Waals surface area contributed by atoms with Gasteiger partial charge in [-0.2, -0.15) is 0 Å². The standard InChI is InChI=1S/C30H26N2O5S/c1-5-15-37-29(34)26-18(2)31-30-32(27(26)21-13-14-23(35-3)24(16-21)36-4)28(33)25(38-30)17-20-11-8-10-19-9-6-7-12-22(19)20/h5-14,16-17,27H,1,15H2,2-4H3. The van der Waals surface area contributed by atoms with Gasteiger partial charge in [-0.15, -0.1) is 0 Å².